The van der Waals surface area contributed by atoms with Gasteiger partial charge in [0.15, 0.2) is 0 Å². The van der Waals surface area contributed by atoms with E-state index in [4.69, 9.17) is 10.5 Å². The van der Waals surface area contributed by atoms with E-state index in [1.165, 1.54) is 0 Å². The van der Waals surface area contributed by atoms with Gasteiger partial charge in [0.25, 0.3) is 0 Å². The Morgan fingerprint density at radius 2 is 1.81 bits per heavy atom. The number of carbonyl (C=O) groups is 1. The van der Waals surface area contributed by atoms with Gasteiger partial charge in [0, 0.05) is 6.04 Å². The van der Waals surface area contributed by atoms with Crippen LogP contribution < -0.4 is 5.73 Å². The number of hydrogen-bond donors (Lipinski definition) is 1. The van der Waals surface area contributed by atoms with Crippen LogP contribution in [-0.4, -0.2) is 17.6 Å². The molecule has 0 heterocycles. The van der Waals surface area contributed by atoms with Crippen molar-refractivity contribution in [3.8, 4) is 0 Å². The predicted molar refractivity (Wildman–Crippen MR) is 67.1 cm³/mol. The van der Waals surface area contributed by atoms with Crippen molar-refractivity contribution in [2.45, 2.75) is 66.0 Å². The minimum Gasteiger partial charge on any atom is -0.460 e. The second-order valence-electron chi connectivity index (χ2n) is 5.74. The Morgan fingerprint density at radius 3 is 2.19 bits per heavy atom. The number of esters is 1. The first-order valence-electron chi connectivity index (χ1n) is 6.15. The smallest absolute Gasteiger partial charge is 0.310 e. The van der Waals surface area contributed by atoms with Gasteiger partial charge in [0.05, 0.1) is 5.92 Å². The molecule has 0 spiro atoms. The van der Waals surface area contributed by atoms with Gasteiger partial charge in [-0.25, -0.2) is 0 Å². The molecule has 3 nitrogen and oxygen atoms in total. The fourth-order valence-electron chi connectivity index (χ4n) is 1.40. The summed E-state index contributed by atoms with van der Waals surface area (Å²) >= 11 is 0. The molecule has 16 heavy (non-hydrogen) atoms. The van der Waals surface area contributed by atoms with Crippen LogP contribution in [-0.2, 0) is 9.53 Å². The highest BCUT2D eigenvalue weighted by Crippen LogP contribution is 2.18. The van der Waals surface area contributed by atoms with E-state index >= 15 is 0 Å². The topological polar surface area (TPSA) is 52.3 Å². The molecule has 0 fully saturated rings. The zero-order valence-electron chi connectivity index (χ0n) is 11.5. The average Bonchev–Trinajstić information content (AvgIpc) is 2.13. The van der Waals surface area contributed by atoms with Crippen molar-refractivity contribution in [1.29, 1.82) is 0 Å². The Labute approximate surface area is 99.7 Å². The van der Waals surface area contributed by atoms with Crippen LogP contribution in [0.3, 0.4) is 0 Å². The summed E-state index contributed by atoms with van der Waals surface area (Å²) in [6.07, 6.45) is 1.96. The minimum absolute atomic E-state index is 0.107. The van der Waals surface area contributed by atoms with Gasteiger partial charge in [-0.1, -0.05) is 27.2 Å². The third-order valence-corrected chi connectivity index (χ3v) is 2.79. The fourth-order valence-corrected chi connectivity index (χ4v) is 1.40. The first-order chi connectivity index (χ1) is 7.17. The lowest BCUT2D eigenvalue weighted by molar-refractivity contribution is -0.160. The van der Waals surface area contributed by atoms with Gasteiger partial charge in [-0.05, 0) is 33.1 Å². The van der Waals surface area contributed by atoms with Gasteiger partial charge in [0.2, 0.25) is 0 Å². The zero-order chi connectivity index (χ0) is 12.9. The SMILES string of the molecule is CC[C@H](C)C[C@H](N)C(C)C(=O)OC(C)(C)C. The molecule has 0 amide bonds. The van der Waals surface area contributed by atoms with E-state index in [0.717, 1.165) is 12.8 Å². The van der Waals surface area contributed by atoms with E-state index in [1.54, 1.807) is 0 Å². The van der Waals surface area contributed by atoms with Crippen LogP contribution in [0.5, 0.6) is 0 Å². The molecular formula is C13H27NO2. The largest absolute Gasteiger partial charge is 0.460 e. The minimum atomic E-state index is -0.429. The van der Waals surface area contributed by atoms with Crippen molar-refractivity contribution in [2.24, 2.45) is 17.6 Å². The summed E-state index contributed by atoms with van der Waals surface area (Å²) in [6.45, 7) is 11.8. The first kappa shape index (κ1) is 15.4. The molecule has 0 saturated carbocycles. The van der Waals surface area contributed by atoms with Crippen molar-refractivity contribution >= 4 is 5.97 Å². The van der Waals surface area contributed by atoms with Crippen LogP contribution in [0, 0.1) is 11.8 Å². The fraction of sp³-hybridized carbons (Fsp3) is 0.923. The van der Waals surface area contributed by atoms with E-state index in [9.17, 15) is 4.79 Å². The lowest BCUT2D eigenvalue weighted by Gasteiger charge is -2.26. The van der Waals surface area contributed by atoms with Crippen molar-refractivity contribution in [1.82, 2.24) is 0 Å². The van der Waals surface area contributed by atoms with E-state index in [2.05, 4.69) is 13.8 Å². The average molecular weight is 229 g/mol. The predicted octanol–water partition coefficient (Wildman–Crippen LogP) is 2.73. The number of carbonyl (C=O) groups excluding carboxylic acids is 1. The third-order valence-electron chi connectivity index (χ3n) is 2.79. The summed E-state index contributed by atoms with van der Waals surface area (Å²) in [4.78, 5) is 11.8. The Hall–Kier alpha value is -0.570. The number of ether oxygens (including phenoxy) is 1. The van der Waals surface area contributed by atoms with Crippen molar-refractivity contribution in [2.75, 3.05) is 0 Å². The quantitative estimate of drug-likeness (QED) is 0.737. The lowest BCUT2D eigenvalue weighted by Crippen LogP contribution is -2.38. The van der Waals surface area contributed by atoms with Crippen LogP contribution in [0.15, 0.2) is 0 Å². The molecule has 0 bridgehead atoms. The summed E-state index contributed by atoms with van der Waals surface area (Å²) in [5.41, 5.74) is 5.58. The summed E-state index contributed by atoms with van der Waals surface area (Å²) < 4.78 is 5.32. The van der Waals surface area contributed by atoms with Crippen LogP contribution in [0.25, 0.3) is 0 Å². The molecule has 2 N–H and O–H groups in total. The number of nitrogens with two attached hydrogens (primary N) is 1. The molecule has 0 aliphatic heterocycles. The molecule has 0 aromatic carbocycles. The molecule has 0 saturated heterocycles. The van der Waals surface area contributed by atoms with Crippen LogP contribution in [0.1, 0.15) is 54.4 Å². The van der Waals surface area contributed by atoms with Crippen LogP contribution in [0.4, 0.5) is 0 Å². The van der Waals surface area contributed by atoms with E-state index in [1.807, 2.05) is 27.7 Å². The van der Waals surface area contributed by atoms with Gasteiger partial charge >= 0.3 is 5.97 Å². The molecule has 0 aliphatic carbocycles. The Kier molecular flexibility index (Phi) is 6.01. The Bertz CT molecular complexity index is 220. The van der Waals surface area contributed by atoms with Crippen molar-refractivity contribution in [3.05, 3.63) is 0 Å². The molecular weight excluding hydrogens is 202 g/mol. The molecule has 0 rings (SSSR count). The maximum absolute atomic E-state index is 11.8. The second-order valence-corrected chi connectivity index (χ2v) is 5.74. The van der Waals surface area contributed by atoms with Crippen LogP contribution in [0.2, 0.25) is 0 Å². The highest BCUT2D eigenvalue weighted by Gasteiger charge is 2.26. The summed E-state index contributed by atoms with van der Waals surface area (Å²) in [5, 5.41) is 0. The normalized spacial score (nSPS) is 17.7. The molecule has 0 aromatic heterocycles. The monoisotopic (exact) mass is 229 g/mol. The van der Waals surface area contributed by atoms with E-state index in [-0.39, 0.29) is 17.9 Å². The highest BCUT2D eigenvalue weighted by atomic mass is 16.6. The Morgan fingerprint density at radius 1 is 1.31 bits per heavy atom. The molecule has 1 unspecified atom stereocenters. The summed E-state index contributed by atoms with van der Waals surface area (Å²) in [7, 11) is 0. The summed E-state index contributed by atoms with van der Waals surface area (Å²) in [5.74, 6) is 0.136. The third kappa shape index (κ3) is 6.11. The maximum atomic E-state index is 11.8. The van der Waals surface area contributed by atoms with E-state index in [0.29, 0.717) is 5.92 Å². The van der Waals surface area contributed by atoms with Gasteiger partial charge in [-0.2, -0.15) is 0 Å². The molecule has 0 radical (unpaired) electrons. The molecule has 3 heteroatoms. The Balaban J connectivity index is 4.22. The number of rotatable bonds is 5. The molecule has 0 aromatic rings. The molecule has 96 valence electrons. The second kappa shape index (κ2) is 6.24. The van der Waals surface area contributed by atoms with Crippen LogP contribution >= 0.6 is 0 Å². The zero-order valence-corrected chi connectivity index (χ0v) is 11.5. The highest BCUT2D eigenvalue weighted by molar-refractivity contribution is 5.73. The van der Waals surface area contributed by atoms with Gasteiger partial charge in [-0.3, -0.25) is 4.79 Å². The molecule has 0 aliphatic rings. The van der Waals surface area contributed by atoms with Crippen molar-refractivity contribution < 1.29 is 9.53 Å². The summed E-state index contributed by atoms with van der Waals surface area (Å²) in [6, 6.07) is -0.107. The number of hydrogen-bond acceptors (Lipinski definition) is 3. The van der Waals surface area contributed by atoms with E-state index < -0.39 is 5.60 Å². The first-order valence-corrected chi connectivity index (χ1v) is 6.15. The van der Waals surface area contributed by atoms with Gasteiger partial charge < -0.3 is 10.5 Å². The molecule has 3 atom stereocenters. The van der Waals surface area contributed by atoms with Crippen molar-refractivity contribution in [3.63, 3.8) is 0 Å². The van der Waals surface area contributed by atoms with Gasteiger partial charge in [0.1, 0.15) is 5.60 Å². The lowest BCUT2D eigenvalue weighted by atomic mass is 9.92. The standard InChI is InChI=1S/C13H27NO2/c1-7-9(2)8-11(14)10(3)12(15)16-13(4,5)6/h9-11H,7-8,14H2,1-6H3/t9-,10?,11-/m0/s1. The van der Waals surface area contributed by atoms with Gasteiger partial charge in [-0.15, -0.1) is 0 Å². The maximum Gasteiger partial charge on any atom is 0.310 e.